The van der Waals surface area contributed by atoms with Gasteiger partial charge in [-0.2, -0.15) is 6.07 Å². The molecule has 1 aromatic heterocycles. The van der Waals surface area contributed by atoms with Crippen molar-refractivity contribution in [3.63, 3.8) is 0 Å². The molecule has 0 aliphatic rings. The summed E-state index contributed by atoms with van der Waals surface area (Å²) >= 11 is 6.64. The van der Waals surface area contributed by atoms with Gasteiger partial charge in [0.1, 0.15) is 17.6 Å². The fraction of sp³-hybridized carbons (Fsp3) is 0.0526. The van der Waals surface area contributed by atoms with Gasteiger partial charge in [-0.25, -0.2) is 5.16 Å². The molecule has 1 heterocycles. The molecule has 29 heavy (non-hydrogen) atoms. The molecule has 0 amide bonds. The summed E-state index contributed by atoms with van der Waals surface area (Å²) in [4.78, 5) is 7.75. The minimum atomic E-state index is 0. The first-order chi connectivity index (χ1) is 12.7. The van der Waals surface area contributed by atoms with Gasteiger partial charge in [-0.15, -0.1) is 6.20 Å². The Hall–Kier alpha value is 1.18. The summed E-state index contributed by atoms with van der Waals surface area (Å²) in [5.41, 5.74) is 0. The number of nitrogens with zero attached hydrogens (tertiary/aromatic N) is 1. The van der Waals surface area contributed by atoms with Gasteiger partial charge in [0.25, 0.3) is 0 Å². The maximum atomic E-state index is 7.75. The van der Waals surface area contributed by atoms with Crippen LogP contribution in [-0.4, -0.2) is 11.9 Å². The van der Waals surface area contributed by atoms with Crippen LogP contribution in [0.4, 0.5) is 0 Å². The second-order valence-electron chi connectivity index (χ2n) is 4.34. The van der Waals surface area contributed by atoms with E-state index in [4.69, 9.17) is 25.2 Å². The van der Waals surface area contributed by atoms with E-state index in [9.17, 15) is 0 Å². The number of hydrogen-bond acceptors (Lipinski definition) is 5. The third-order valence-electron chi connectivity index (χ3n) is 2.63. The molecule has 10 heteroatoms. The zero-order valence-corrected chi connectivity index (χ0v) is 30.0. The molecule has 0 aliphatic heterocycles. The maximum absolute atomic E-state index is 7.75. The topological polar surface area (TPSA) is 61.6 Å². The van der Waals surface area contributed by atoms with Crippen molar-refractivity contribution < 1.29 is 134 Å². The fourth-order valence-electron chi connectivity index (χ4n) is 1.53. The van der Waals surface area contributed by atoms with Gasteiger partial charge >= 0.3 is 51.4 Å². The molecule has 144 valence electrons. The maximum Gasteiger partial charge on any atom is 1.00 e. The van der Waals surface area contributed by atoms with Gasteiger partial charge in [0.2, 0.25) is 0 Å². The van der Waals surface area contributed by atoms with Crippen LogP contribution >= 0.6 is 31.9 Å². The molecule has 0 spiro atoms. The smallest absolute Gasteiger partial charge is 1.00 e. The van der Waals surface area contributed by atoms with Crippen LogP contribution in [0.15, 0.2) is 68.1 Å². The van der Waals surface area contributed by atoms with E-state index in [1.165, 1.54) is 0 Å². The molecule has 5 nitrogen and oxygen atoms in total. The minimum Gasteiger partial charge on any atom is -1.00 e. The molecular weight excluding hydrogens is 981 g/mol. The van der Waals surface area contributed by atoms with Crippen molar-refractivity contribution in [2.75, 3.05) is 0 Å². The monoisotopic (exact) mass is 993 g/mol. The zero-order valence-electron chi connectivity index (χ0n) is 16.4. The summed E-state index contributed by atoms with van der Waals surface area (Å²) in [6.07, 6.45) is 9.57. The van der Waals surface area contributed by atoms with E-state index < -0.39 is 0 Å². The number of halogens is 2. The molecule has 0 unspecified atom stereocenters. The first-order valence-electron chi connectivity index (χ1n) is 6.99. The second-order valence-corrected chi connectivity index (χ2v) is 6.17. The summed E-state index contributed by atoms with van der Waals surface area (Å²) in [6, 6.07) is 16.6. The number of rotatable bonds is 4. The Morgan fingerprint density at radius 2 is 1.52 bits per heavy atom. The molecule has 0 saturated carbocycles. The summed E-state index contributed by atoms with van der Waals surface area (Å²) in [6.45, 7) is 3.62. The van der Waals surface area contributed by atoms with Gasteiger partial charge in [-0.3, -0.25) is 6.79 Å². The zero-order chi connectivity index (χ0) is 19.2. The number of benzene rings is 2. The van der Waals surface area contributed by atoms with E-state index in [1.54, 1.807) is 18.2 Å². The molecule has 2 aromatic carbocycles. The Bertz CT molecular complexity index is 805. The van der Waals surface area contributed by atoms with Crippen LogP contribution in [0.3, 0.4) is 0 Å². The Labute approximate surface area is 278 Å². The van der Waals surface area contributed by atoms with Crippen molar-refractivity contribution in [3.8, 4) is 24.0 Å². The van der Waals surface area contributed by atoms with Gasteiger partial charge in [-0.05, 0) is 48.5 Å². The molecule has 0 saturated heterocycles. The van der Waals surface area contributed by atoms with E-state index in [0.717, 1.165) is 14.7 Å². The molecule has 0 aliphatic carbocycles. The minimum absolute atomic E-state index is 0. The van der Waals surface area contributed by atoms with Gasteiger partial charge < -0.3 is 20.2 Å². The first kappa shape index (κ1) is 34.8. The molecule has 0 N–H and O–H groups in total. The average Bonchev–Trinajstić information content (AvgIpc) is 3.19. The predicted octanol–water partition coefficient (Wildman–Crippen LogP) is 2.08. The van der Waals surface area contributed by atoms with Crippen LogP contribution in [0.1, 0.15) is 7.19 Å². The number of hydrogen-bond donors (Lipinski definition) is 0. The van der Waals surface area contributed by atoms with Crippen molar-refractivity contribution in [3.05, 3.63) is 75.5 Å². The van der Waals surface area contributed by atoms with E-state index >= 15 is 0 Å². The third-order valence-corrected chi connectivity index (χ3v) is 3.68. The Morgan fingerprint density at radius 3 is 1.93 bits per heavy atom. The molecule has 3 aromatic rings. The third kappa shape index (κ3) is 16.5. The summed E-state index contributed by atoms with van der Waals surface area (Å²) in [5, 5.41) is 3.46. The molecule has 3 rings (SSSR count). The van der Waals surface area contributed by atoms with Crippen molar-refractivity contribution in [2.45, 2.75) is 6.61 Å². The Morgan fingerprint density at radius 1 is 1.03 bits per heavy atom. The second kappa shape index (κ2) is 22.4. The average molecular weight is 995 g/mol. The van der Waals surface area contributed by atoms with E-state index in [0.29, 0.717) is 18.1 Å². The van der Waals surface area contributed by atoms with Gasteiger partial charge in [0, 0.05) is 76.9 Å². The van der Waals surface area contributed by atoms with Crippen molar-refractivity contribution in [1.29, 1.82) is 0 Å². The SMILES string of the molecule is Brc1ccc(OCc2c[c-]no2)cc1.C#COc1ccc(Br)cc1.[CH-]=O.[H-].[K+].[U].[U]. The Balaban J connectivity index is -0.000000192. The predicted molar refractivity (Wildman–Crippen MR) is 105 cm³/mol. The number of aromatic nitrogens is 1. The summed E-state index contributed by atoms with van der Waals surface area (Å²) < 4.78 is 17.1. The number of terminal acetylenes is 1. The van der Waals surface area contributed by atoms with Gasteiger partial charge in [0.15, 0.2) is 0 Å². The van der Waals surface area contributed by atoms with Crippen LogP contribution in [0, 0.1) is 81.0 Å². The summed E-state index contributed by atoms with van der Waals surface area (Å²) in [5.74, 6) is 2.14. The van der Waals surface area contributed by atoms with Crippen molar-refractivity contribution >= 4 is 38.6 Å². The molecule has 0 radical (unpaired) electrons. The molecule has 0 bridgehead atoms. The number of ether oxygens (including phenoxy) is 2. The summed E-state index contributed by atoms with van der Waals surface area (Å²) in [7, 11) is 0. The quantitative estimate of drug-likeness (QED) is 0.174. The van der Waals surface area contributed by atoms with Crippen LogP contribution in [0.25, 0.3) is 0 Å². The number of carbonyl (C=O) groups excluding carboxylic acids is 1. The standard InChI is InChI=1S/C10H7BrNO2.C8H5BrO.CHO.K.2U.H/c11-8-1-3-9(4-2-8)13-7-10-5-6-12-14-10;1-2-10-8-5-3-7(9)4-6-8;1-2;;;;/h1-5H,7H2;1,3-6H;1H;;;;/q-1;;-1;+1;;;-1. The van der Waals surface area contributed by atoms with Crippen LogP contribution < -0.4 is 60.9 Å². The van der Waals surface area contributed by atoms with Crippen LogP contribution in [-0.2, 0) is 11.4 Å². The van der Waals surface area contributed by atoms with E-state index in [-0.39, 0.29) is 115 Å². The Kier molecular flexibility index (Phi) is 26.8. The fourth-order valence-corrected chi connectivity index (χ4v) is 2.06. The van der Waals surface area contributed by atoms with Gasteiger partial charge in [0.05, 0.1) is 6.61 Å². The molecular formula is C19H14Br2KNO4U2-2. The van der Waals surface area contributed by atoms with Crippen LogP contribution in [0.5, 0.6) is 11.5 Å². The van der Waals surface area contributed by atoms with Crippen LogP contribution in [0.2, 0.25) is 0 Å². The van der Waals surface area contributed by atoms with Crippen molar-refractivity contribution in [2.24, 2.45) is 0 Å². The van der Waals surface area contributed by atoms with E-state index in [1.807, 2.05) is 36.4 Å². The largest absolute Gasteiger partial charge is 1.00 e. The molecule has 0 fully saturated rings. The van der Waals surface area contributed by atoms with E-state index in [2.05, 4.69) is 56.1 Å². The molecule has 0 atom stereocenters. The van der Waals surface area contributed by atoms with Gasteiger partial charge in [-0.1, -0.05) is 38.3 Å². The normalized spacial score (nSPS) is 7.90. The first-order valence-corrected chi connectivity index (χ1v) is 8.57. The van der Waals surface area contributed by atoms with Crippen molar-refractivity contribution in [1.82, 2.24) is 5.16 Å².